The normalized spacial score (nSPS) is 11.2. The summed E-state index contributed by atoms with van der Waals surface area (Å²) < 4.78 is 37.1. The Morgan fingerprint density at radius 2 is 1.72 bits per heavy atom. The monoisotopic (exact) mass is 468 g/mol. The van der Waals surface area contributed by atoms with Crippen LogP contribution in [0, 0.1) is 0 Å². The number of nitrogens with zero attached hydrogens (tertiary/aromatic N) is 2. The lowest BCUT2D eigenvalue weighted by Gasteiger charge is -2.10. The summed E-state index contributed by atoms with van der Waals surface area (Å²) in [4.78, 5) is 24.5. The Labute approximate surface area is 187 Å². The van der Waals surface area contributed by atoms with Crippen LogP contribution in [0.5, 0.6) is 5.75 Å². The quantitative estimate of drug-likeness (QED) is 0.231. The van der Waals surface area contributed by atoms with Gasteiger partial charge in [0.1, 0.15) is 9.77 Å². The molecule has 0 aliphatic heterocycles. The second kappa shape index (κ2) is 8.77. The lowest BCUT2D eigenvalue weighted by molar-refractivity contribution is 0.0602. The Kier molecular flexibility index (Phi) is 5.89. The van der Waals surface area contributed by atoms with Gasteiger partial charge < -0.3 is 8.92 Å². The molecule has 0 unspecified atom stereocenters. The molecule has 2 aromatic carbocycles. The van der Waals surface area contributed by atoms with E-state index in [1.165, 1.54) is 29.8 Å². The van der Waals surface area contributed by atoms with E-state index in [2.05, 4.69) is 9.84 Å². The zero-order chi connectivity index (χ0) is 22.7. The summed E-state index contributed by atoms with van der Waals surface area (Å²) >= 11 is 0.916. The van der Waals surface area contributed by atoms with E-state index in [1.807, 2.05) is 30.3 Å². The van der Waals surface area contributed by atoms with Crippen molar-refractivity contribution in [3.05, 3.63) is 94.4 Å². The first kappa shape index (κ1) is 21.5. The fourth-order valence-corrected chi connectivity index (χ4v) is 5.20. The van der Waals surface area contributed by atoms with Gasteiger partial charge in [-0.15, -0.1) is 11.3 Å². The number of aromatic nitrogens is 2. The summed E-state index contributed by atoms with van der Waals surface area (Å²) in [6, 6.07) is 16.5. The molecule has 0 saturated carbocycles. The van der Waals surface area contributed by atoms with Crippen molar-refractivity contribution in [2.24, 2.45) is 0 Å². The Morgan fingerprint density at radius 3 is 2.47 bits per heavy atom. The van der Waals surface area contributed by atoms with Crippen molar-refractivity contribution in [2.75, 3.05) is 7.11 Å². The molecular weight excluding hydrogens is 452 g/mol. The topological polar surface area (TPSA) is 105 Å². The predicted molar refractivity (Wildman–Crippen MR) is 117 cm³/mol. The van der Waals surface area contributed by atoms with Gasteiger partial charge in [-0.3, -0.25) is 4.79 Å². The molecule has 2 aromatic heterocycles. The van der Waals surface area contributed by atoms with Crippen molar-refractivity contribution in [3.63, 3.8) is 0 Å². The summed E-state index contributed by atoms with van der Waals surface area (Å²) in [5.74, 6) is -1.41. The molecule has 0 amide bonds. The number of hydrogen-bond acceptors (Lipinski definition) is 8. The highest BCUT2D eigenvalue weighted by atomic mass is 32.2. The number of esters is 1. The number of methoxy groups -OCH3 is 1. The van der Waals surface area contributed by atoms with Crippen LogP contribution in [0.25, 0.3) is 5.69 Å². The summed E-state index contributed by atoms with van der Waals surface area (Å²) in [7, 11) is -3.24. The second-order valence-electron chi connectivity index (χ2n) is 6.48. The van der Waals surface area contributed by atoms with Crippen LogP contribution < -0.4 is 4.18 Å². The Bertz CT molecular complexity index is 1390. The van der Waals surface area contributed by atoms with Crippen LogP contribution in [-0.4, -0.2) is 37.1 Å². The van der Waals surface area contributed by atoms with E-state index in [9.17, 15) is 18.0 Å². The van der Waals surface area contributed by atoms with Gasteiger partial charge in [0.25, 0.3) is 0 Å². The maximum absolute atomic E-state index is 13.1. The average molecular weight is 469 g/mol. The van der Waals surface area contributed by atoms with Gasteiger partial charge in [0.2, 0.25) is 0 Å². The van der Waals surface area contributed by atoms with Crippen LogP contribution in [0.4, 0.5) is 0 Å². The number of ether oxygens (including phenoxy) is 1. The van der Waals surface area contributed by atoms with Crippen molar-refractivity contribution >= 4 is 33.2 Å². The summed E-state index contributed by atoms with van der Waals surface area (Å²) in [6.07, 6.45) is 2.95. The molecule has 0 N–H and O–H groups in total. The first-order valence-electron chi connectivity index (χ1n) is 9.25. The highest BCUT2D eigenvalue weighted by Crippen LogP contribution is 2.29. The molecule has 0 saturated heterocycles. The van der Waals surface area contributed by atoms with E-state index in [-0.39, 0.29) is 26.6 Å². The molecule has 4 rings (SSSR count). The van der Waals surface area contributed by atoms with Crippen molar-refractivity contribution < 1.29 is 26.9 Å². The summed E-state index contributed by atoms with van der Waals surface area (Å²) in [6.45, 7) is 0. The van der Waals surface area contributed by atoms with Gasteiger partial charge >= 0.3 is 16.1 Å². The minimum atomic E-state index is -4.40. The second-order valence-corrected chi connectivity index (χ2v) is 8.91. The van der Waals surface area contributed by atoms with E-state index in [4.69, 9.17) is 4.18 Å². The van der Waals surface area contributed by atoms with E-state index in [0.29, 0.717) is 0 Å². The smallest absolute Gasteiger partial charge is 0.349 e. The van der Waals surface area contributed by atoms with Gasteiger partial charge in [-0.05, 0) is 35.7 Å². The average Bonchev–Trinajstić information content (AvgIpc) is 3.49. The molecule has 162 valence electrons. The number of carbonyl (C=O) groups excluding carboxylic acids is 2. The van der Waals surface area contributed by atoms with E-state index < -0.39 is 21.9 Å². The van der Waals surface area contributed by atoms with Crippen LogP contribution in [0.1, 0.15) is 25.6 Å². The van der Waals surface area contributed by atoms with E-state index >= 15 is 0 Å². The molecule has 8 nitrogen and oxygen atoms in total. The minimum Gasteiger partial charge on any atom is -0.465 e. The number of thiophene rings is 1. The van der Waals surface area contributed by atoms with Crippen molar-refractivity contribution in [3.8, 4) is 11.4 Å². The van der Waals surface area contributed by atoms with E-state index in [0.717, 1.165) is 24.1 Å². The van der Waals surface area contributed by atoms with Gasteiger partial charge in [0, 0.05) is 6.20 Å². The summed E-state index contributed by atoms with van der Waals surface area (Å²) in [5, 5.41) is 5.65. The zero-order valence-corrected chi connectivity index (χ0v) is 18.3. The van der Waals surface area contributed by atoms with E-state index in [1.54, 1.807) is 23.0 Å². The molecule has 2 heterocycles. The van der Waals surface area contributed by atoms with Gasteiger partial charge in [-0.1, -0.05) is 30.3 Å². The molecule has 10 heteroatoms. The number of carbonyl (C=O) groups is 2. The lowest BCUT2D eigenvalue weighted by Crippen LogP contribution is -2.15. The number of hydrogen-bond donors (Lipinski definition) is 0. The number of ketones is 1. The number of benzene rings is 2. The van der Waals surface area contributed by atoms with Crippen molar-refractivity contribution in [2.45, 2.75) is 4.90 Å². The minimum absolute atomic E-state index is 0.0403. The summed E-state index contributed by atoms with van der Waals surface area (Å²) in [5.41, 5.74) is 1.07. The molecule has 0 aliphatic carbocycles. The van der Waals surface area contributed by atoms with Gasteiger partial charge in [-0.2, -0.15) is 13.5 Å². The molecule has 0 aliphatic rings. The third kappa shape index (κ3) is 4.18. The van der Waals surface area contributed by atoms with Gasteiger partial charge in [0.05, 0.1) is 30.1 Å². The number of rotatable bonds is 7. The zero-order valence-electron chi connectivity index (χ0n) is 16.7. The molecule has 0 radical (unpaired) electrons. The highest BCUT2D eigenvalue weighted by Gasteiger charge is 2.28. The Hall–Kier alpha value is -3.76. The third-order valence-corrected chi connectivity index (χ3v) is 6.77. The fourth-order valence-electron chi connectivity index (χ4n) is 2.94. The maximum Gasteiger partial charge on any atom is 0.349 e. The predicted octanol–water partition coefficient (Wildman–Crippen LogP) is 3.72. The van der Waals surface area contributed by atoms with Crippen molar-refractivity contribution in [1.82, 2.24) is 9.78 Å². The first-order valence-corrected chi connectivity index (χ1v) is 11.5. The fraction of sp³-hybridized carbons (Fsp3) is 0.0455. The van der Waals surface area contributed by atoms with Crippen LogP contribution in [0.2, 0.25) is 0 Å². The Morgan fingerprint density at radius 1 is 1.00 bits per heavy atom. The maximum atomic E-state index is 13.1. The largest absolute Gasteiger partial charge is 0.465 e. The number of para-hydroxylation sites is 2. The third-order valence-electron chi connectivity index (χ3n) is 4.47. The standard InChI is InChI=1S/C22H16N2O6S2/c1-29-22(26)21-19(11-12-31-21)32(27,28)30-18-10-6-5-9-17(18)20(25)15-13-23-24(14-15)16-7-3-2-4-8-16/h2-14H,1H3. The molecule has 4 aromatic rings. The molecule has 32 heavy (non-hydrogen) atoms. The molecule has 0 spiro atoms. The first-order chi connectivity index (χ1) is 15.4. The van der Waals surface area contributed by atoms with Gasteiger partial charge in [0.15, 0.2) is 11.5 Å². The molecule has 0 atom stereocenters. The van der Waals surface area contributed by atoms with Crippen LogP contribution in [-0.2, 0) is 14.9 Å². The molecule has 0 bridgehead atoms. The lowest BCUT2D eigenvalue weighted by atomic mass is 10.1. The SMILES string of the molecule is COC(=O)c1sccc1S(=O)(=O)Oc1ccccc1C(=O)c1cnn(-c2ccccc2)c1. The Balaban J connectivity index is 1.65. The van der Waals surface area contributed by atoms with Gasteiger partial charge in [-0.25, -0.2) is 9.48 Å². The molecule has 0 fully saturated rings. The highest BCUT2D eigenvalue weighted by molar-refractivity contribution is 7.87. The molecular formula is C22H16N2O6S2. The van der Waals surface area contributed by atoms with Crippen molar-refractivity contribution in [1.29, 1.82) is 0 Å². The van der Waals surface area contributed by atoms with Crippen LogP contribution in [0.3, 0.4) is 0 Å². The van der Waals surface area contributed by atoms with Crippen LogP contribution >= 0.6 is 11.3 Å². The van der Waals surface area contributed by atoms with Crippen LogP contribution in [0.15, 0.2) is 83.3 Å².